The van der Waals surface area contributed by atoms with E-state index >= 15 is 0 Å². The fraction of sp³-hybridized carbons (Fsp3) is 0.600. The van der Waals surface area contributed by atoms with Crippen molar-refractivity contribution in [1.82, 2.24) is 0 Å². The molecule has 2 amide bonds. The summed E-state index contributed by atoms with van der Waals surface area (Å²) < 4.78 is 4.81. The molecule has 0 radical (unpaired) electrons. The molecule has 1 atom stereocenters. The topological polar surface area (TPSA) is 86.2 Å². The van der Waals surface area contributed by atoms with Crippen LogP contribution in [0.3, 0.4) is 0 Å². The van der Waals surface area contributed by atoms with E-state index in [1.54, 1.807) is 23.5 Å². The molecule has 0 fully saturated rings. The van der Waals surface area contributed by atoms with E-state index in [1.165, 1.54) is 89.8 Å². The first-order valence-electron chi connectivity index (χ1n) is 10.3. The Hall–Kier alpha value is 0.260. The molecule has 1 unspecified atom stereocenters. The second-order valence-electron chi connectivity index (χ2n) is 7.26. The second kappa shape index (κ2) is 12.5. The van der Waals surface area contributed by atoms with Gasteiger partial charge in [-0.25, -0.2) is 0 Å². The molecule has 0 bridgehead atoms. The summed E-state index contributed by atoms with van der Waals surface area (Å²) in [7, 11) is 0. The number of rotatable bonds is 11. The molecule has 4 nitrogen and oxygen atoms in total. The molecule has 30 heavy (non-hydrogen) atoms. The number of amides is 2. The monoisotopic (exact) mass is 520 g/mol. The van der Waals surface area contributed by atoms with Crippen LogP contribution in [-0.4, -0.2) is 22.8 Å². The first-order chi connectivity index (χ1) is 14.5. The molecular formula is C20H28N2O2S6. The molecule has 166 valence electrons. The minimum absolute atomic E-state index is 0.272. The van der Waals surface area contributed by atoms with Gasteiger partial charge in [0.1, 0.15) is 0 Å². The van der Waals surface area contributed by atoms with E-state index in [1.807, 2.05) is 23.5 Å². The summed E-state index contributed by atoms with van der Waals surface area (Å²) in [5, 5.41) is 0.677. The Morgan fingerprint density at radius 2 is 1.30 bits per heavy atom. The van der Waals surface area contributed by atoms with Gasteiger partial charge in [0.15, 0.2) is 0 Å². The molecule has 0 saturated carbocycles. The molecule has 4 N–H and O–H groups in total. The van der Waals surface area contributed by atoms with Crippen LogP contribution in [0.2, 0.25) is 0 Å². The first-order valence-corrected chi connectivity index (χ1v) is 15.5. The molecule has 0 aromatic heterocycles. The fourth-order valence-electron chi connectivity index (χ4n) is 3.23. The summed E-state index contributed by atoms with van der Waals surface area (Å²) in [6.45, 7) is 2.26. The minimum Gasteiger partial charge on any atom is -0.365 e. The standard InChI is InChI=1S/C20H28N2O2S6/c1-2-3-4-5-6-7-8-9-10-12-11-25-17-18(26-12)30-20(29-17)19-27-13(15(21)23)14(28-19)16(22)24/h12H,2-11H2,1H3,(H2,21,23)(H2,22,24). The molecule has 3 rings (SSSR count). The Morgan fingerprint density at radius 1 is 0.767 bits per heavy atom. The van der Waals surface area contributed by atoms with Gasteiger partial charge in [-0.3, -0.25) is 9.59 Å². The summed E-state index contributed by atoms with van der Waals surface area (Å²) in [6.07, 6.45) is 12.2. The Bertz CT molecular complexity index is 749. The maximum Gasteiger partial charge on any atom is 0.256 e. The Labute approximate surface area is 204 Å². The van der Waals surface area contributed by atoms with E-state index in [2.05, 4.69) is 6.92 Å². The Morgan fingerprint density at radius 3 is 1.90 bits per heavy atom. The van der Waals surface area contributed by atoms with Crippen LogP contribution in [-0.2, 0) is 9.59 Å². The van der Waals surface area contributed by atoms with Gasteiger partial charge in [-0.1, -0.05) is 105 Å². The molecular weight excluding hydrogens is 493 g/mol. The molecule has 3 heterocycles. The van der Waals surface area contributed by atoms with Gasteiger partial charge in [0.25, 0.3) is 11.8 Å². The number of hydrogen-bond donors (Lipinski definition) is 2. The molecule has 0 aliphatic carbocycles. The number of carbonyl (C=O) groups is 2. The van der Waals surface area contributed by atoms with Crippen LogP contribution < -0.4 is 11.5 Å². The van der Waals surface area contributed by atoms with E-state index in [4.69, 9.17) is 11.5 Å². The van der Waals surface area contributed by atoms with Crippen LogP contribution in [0.15, 0.2) is 26.8 Å². The van der Waals surface area contributed by atoms with Crippen molar-refractivity contribution in [2.75, 3.05) is 5.75 Å². The van der Waals surface area contributed by atoms with Crippen molar-refractivity contribution in [3.8, 4) is 0 Å². The summed E-state index contributed by atoms with van der Waals surface area (Å²) in [5.41, 5.74) is 10.9. The van der Waals surface area contributed by atoms with Crippen molar-refractivity contribution in [2.24, 2.45) is 11.5 Å². The van der Waals surface area contributed by atoms with Crippen LogP contribution in [0.4, 0.5) is 0 Å². The minimum atomic E-state index is -0.586. The molecule has 10 heteroatoms. The fourth-order valence-corrected chi connectivity index (χ4v) is 12.4. The highest BCUT2D eigenvalue weighted by atomic mass is 32.3. The van der Waals surface area contributed by atoms with Crippen LogP contribution >= 0.6 is 70.6 Å². The lowest BCUT2D eigenvalue weighted by Crippen LogP contribution is -2.18. The number of unbranched alkanes of at least 4 members (excludes halogenated alkanes) is 7. The van der Waals surface area contributed by atoms with Gasteiger partial charge in [0.2, 0.25) is 0 Å². The maximum absolute atomic E-state index is 11.7. The van der Waals surface area contributed by atoms with Gasteiger partial charge < -0.3 is 11.5 Å². The van der Waals surface area contributed by atoms with Crippen molar-refractivity contribution >= 4 is 82.4 Å². The highest BCUT2D eigenvalue weighted by Crippen LogP contribution is 2.65. The molecule has 0 saturated heterocycles. The second-order valence-corrected chi connectivity index (χ2v) is 14.7. The van der Waals surface area contributed by atoms with Gasteiger partial charge in [0, 0.05) is 11.0 Å². The van der Waals surface area contributed by atoms with Crippen molar-refractivity contribution in [3.63, 3.8) is 0 Å². The van der Waals surface area contributed by atoms with Gasteiger partial charge in [-0.15, -0.1) is 23.5 Å². The average molecular weight is 521 g/mol. The molecule has 3 aliphatic heterocycles. The largest absolute Gasteiger partial charge is 0.365 e. The number of hydrogen-bond acceptors (Lipinski definition) is 8. The number of primary amides is 2. The van der Waals surface area contributed by atoms with Crippen LogP contribution in [0.25, 0.3) is 0 Å². The number of thioether (sulfide) groups is 6. The van der Waals surface area contributed by atoms with Crippen LogP contribution in [0, 0.1) is 0 Å². The van der Waals surface area contributed by atoms with Gasteiger partial charge >= 0.3 is 0 Å². The lowest BCUT2D eigenvalue weighted by molar-refractivity contribution is -0.116. The van der Waals surface area contributed by atoms with Crippen LogP contribution in [0.1, 0.15) is 64.7 Å². The predicted molar refractivity (Wildman–Crippen MR) is 141 cm³/mol. The van der Waals surface area contributed by atoms with E-state index in [9.17, 15) is 9.59 Å². The van der Waals surface area contributed by atoms with Crippen molar-refractivity contribution in [2.45, 2.75) is 70.0 Å². The Balaban J connectivity index is 1.44. The zero-order chi connectivity index (χ0) is 21.5. The van der Waals surface area contributed by atoms with E-state index < -0.39 is 11.8 Å². The lowest BCUT2D eigenvalue weighted by Gasteiger charge is -2.21. The van der Waals surface area contributed by atoms with Crippen LogP contribution in [0.5, 0.6) is 0 Å². The highest BCUT2D eigenvalue weighted by molar-refractivity contribution is 8.43. The third kappa shape index (κ3) is 6.88. The zero-order valence-electron chi connectivity index (χ0n) is 17.1. The lowest BCUT2D eigenvalue weighted by atomic mass is 10.1. The van der Waals surface area contributed by atoms with Crippen molar-refractivity contribution in [1.29, 1.82) is 0 Å². The normalized spacial score (nSPS) is 21.6. The van der Waals surface area contributed by atoms with Crippen molar-refractivity contribution < 1.29 is 9.59 Å². The van der Waals surface area contributed by atoms with Gasteiger partial charge in [-0.2, -0.15) is 0 Å². The van der Waals surface area contributed by atoms with E-state index in [0.717, 1.165) is 14.2 Å². The molecule has 0 spiro atoms. The Kier molecular flexibility index (Phi) is 10.4. The zero-order valence-corrected chi connectivity index (χ0v) is 22.0. The highest BCUT2D eigenvalue weighted by Gasteiger charge is 2.36. The summed E-state index contributed by atoms with van der Waals surface area (Å²) in [6, 6.07) is 0. The molecule has 3 aliphatic rings. The summed E-state index contributed by atoms with van der Waals surface area (Å²) >= 11 is 10.0. The van der Waals surface area contributed by atoms with Crippen molar-refractivity contribution in [3.05, 3.63) is 26.8 Å². The van der Waals surface area contributed by atoms with Gasteiger partial charge in [-0.05, 0) is 6.42 Å². The number of nitrogens with two attached hydrogens (primary N) is 2. The van der Waals surface area contributed by atoms with Gasteiger partial charge in [0.05, 0.1) is 26.8 Å². The summed E-state index contributed by atoms with van der Waals surface area (Å²) in [5.74, 6) is -0.0121. The molecule has 0 aromatic carbocycles. The predicted octanol–water partition coefficient (Wildman–Crippen LogP) is 6.76. The smallest absolute Gasteiger partial charge is 0.256 e. The average Bonchev–Trinajstić information content (AvgIpc) is 3.34. The maximum atomic E-state index is 11.7. The molecule has 0 aromatic rings. The number of carbonyl (C=O) groups excluding carboxylic acids is 2. The third-order valence-corrected chi connectivity index (χ3v) is 14.1. The van der Waals surface area contributed by atoms with E-state index in [0.29, 0.717) is 5.25 Å². The quantitative estimate of drug-likeness (QED) is 0.289. The summed E-state index contributed by atoms with van der Waals surface area (Å²) in [4.78, 5) is 23.8. The first kappa shape index (κ1) is 24.9. The SMILES string of the molecule is CCCCCCCCCCC1CSC2=C(SC(=C3SC(C(N)=O)=C(C(N)=O)S3)S2)S1. The third-order valence-electron chi connectivity index (χ3n) is 4.80. The van der Waals surface area contributed by atoms with E-state index in [-0.39, 0.29) is 9.81 Å².